The van der Waals surface area contributed by atoms with Crippen molar-refractivity contribution in [1.82, 2.24) is 45.0 Å². The van der Waals surface area contributed by atoms with Gasteiger partial charge in [-0.2, -0.15) is 0 Å². The number of thiol groups is 1. The van der Waals surface area contributed by atoms with E-state index in [1.807, 2.05) is 32.2 Å². The number of thiazole rings is 1. The van der Waals surface area contributed by atoms with Crippen molar-refractivity contribution in [2.75, 3.05) is 53.7 Å². The van der Waals surface area contributed by atoms with E-state index in [1.54, 1.807) is 43.5 Å². The zero-order valence-corrected chi connectivity index (χ0v) is 43.3. The van der Waals surface area contributed by atoms with Gasteiger partial charge < -0.3 is 34.1 Å². The van der Waals surface area contributed by atoms with Crippen LogP contribution in [0.15, 0.2) is 54.6 Å². The maximum Gasteiger partial charge on any atom is 0.338 e. The molecule has 7 rings (SSSR count). The highest BCUT2D eigenvalue weighted by Crippen LogP contribution is 2.43. The molecule has 0 spiro atoms. The number of pyridine rings is 1. The van der Waals surface area contributed by atoms with Gasteiger partial charge in [-0.25, -0.2) is 20.0 Å². The van der Waals surface area contributed by atoms with Crippen molar-refractivity contribution in [3.05, 3.63) is 70.8 Å². The molecule has 5 amide bonds. The normalized spacial score (nSPS) is 21.9. The summed E-state index contributed by atoms with van der Waals surface area (Å²) in [6.07, 6.45) is 5.73. The molecule has 4 atom stereocenters. The van der Waals surface area contributed by atoms with Crippen molar-refractivity contribution in [2.45, 2.75) is 102 Å². The summed E-state index contributed by atoms with van der Waals surface area (Å²) < 4.78 is 14.3. The van der Waals surface area contributed by atoms with E-state index in [1.165, 1.54) is 27.3 Å². The molecule has 6 heterocycles. The van der Waals surface area contributed by atoms with Crippen LogP contribution in [0, 0.1) is 11.3 Å². The summed E-state index contributed by atoms with van der Waals surface area (Å²) in [5.74, 6) is -2.24. The lowest BCUT2D eigenvalue weighted by Gasteiger charge is -2.46. The standard InChI is InChI=1S/C49H65N9O7S3/c1-12-39(59)56-25-32(26-56)54(8)46(63)55(9)41(29(3)4)43(60)52-49(67-11)24-38-51-36(27-68-38)31-17-18-37-34(22-31)35(42(57(37)13-2)33-16-14-20-50-40(33)30(5)64-10)23-47(6,7)28-65-45(62)48(66)19-15-21-58(53-48)44(49)61/h12,14,16-18,20,22,27,29-30,32,41,53,66H,1,13,15,19,21,23-26,28H2,2-11H3,(H,52,60)/t30-,41?,48-,49+/m0/s1. The van der Waals surface area contributed by atoms with Gasteiger partial charge in [0.25, 0.3) is 5.91 Å². The number of rotatable bonds is 11. The fraction of sp³-hybridized carbons (Fsp3) is 0.531. The van der Waals surface area contributed by atoms with E-state index in [0.29, 0.717) is 43.2 Å². The molecule has 68 heavy (non-hydrogen) atoms. The molecule has 16 nitrogen and oxygen atoms in total. The molecule has 4 aromatic rings. The largest absolute Gasteiger partial charge is 0.463 e. The highest BCUT2D eigenvalue weighted by molar-refractivity contribution is 8.00. The second-order valence-corrected chi connectivity index (χ2v) is 22.0. The second kappa shape index (κ2) is 20.2. The van der Waals surface area contributed by atoms with Crippen LogP contribution in [0.5, 0.6) is 0 Å². The number of urea groups is 1. The van der Waals surface area contributed by atoms with Crippen molar-refractivity contribution < 1.29 is 33.4 Å². The second-order valence-electron chi connectivity index (χ2n) is 19.2. The number of fused-ring (bicyclic) bond motifs is 6. The van der Waals surface area contributed by atoms with Gasteiger partial charge in [0.2, 0.25) is 11.8 Å². The quantitative estimate of drug-likeness (QED) is 0.0644. The molecule has 3 aliphatic heterocycles. The first-order chi connectivity index (χ1) is 32.2. The van der Waals surface area contributed by atoms with Crippen LogP contribution in [0.3, 0.4) is 0 Å². The Morgan fingerprint density at radius 1 is 1.16 bits per heavy atom. The highest BCUT2D eigenvalue weighted by Gasteiger charge is 2.50. The van der Waals surface area contributed by atoms with Crippen LogP contribution in [0.2, 0.25) is 0 Å². The van der Waals surface area contributed by atoms with Crippen molar-refractivity contribution >= 4 is 76.4 Å². The first-order valence-corrected chi connectivity index (χ1v) is 25.6. The Morgan fingerprint density at radius 3 is 2.56 bits per heavy atom. The SMILES string of the molecule is C=CC(=O)N1CC(N(C)C(=O)N(C)C(C(=O)N[C@@]2(SC)Cc3nc(cs3)-c3ccc4c(c3)c(c(-c3cccnc3[C@H](C)OC)n4CC)CC(C)(C)COC(=O)[C@@]3(S)CCCN(N3)C2=O)C(C)C)C1. The first kappa shape index (κ1) is 50.9. The number of aryl methyl sites for hydroxylation is 1. The van der Waals surface area contributed by atoms with Gasteiger partial charge in [0.15, 0.2) is 9.74 Å². The Kier molecular flexibility index (Phi) is 15.1. The molecule has 366 valence electrons. The number of esters is 1. The number of thioether (sulfide) groups is 1. The number of hydrogen-bond acceptors (Lipinski definition) is 13. The fourth-order valence-electron chi connectivity index (χ4n) is 9.56. The number of nitrogens with zero attached hydrogens (tertiary/aromatic N) is 7. The molecule has 1 unspecified atom stereocenters. The minimum absolute atomic E-state index is 0.0112. The Bertz CT molecular complexity index is 2590. The van der Waals surface area contributed by atoms with Gasteiger partial charge >= 0.3 is 12.0 Å². The summed E-state index contributed by atoms with van der Waals surface area (Å²) in [6.45, 7) is 17.1. The molecule has 0 aliphatic carbocycles. The van der Waals surface area contributed by atoms with Crippen LogP contribution in [-0.4, -0.2) is 139 Å². The van der Waals surface area contributed by atoms with E-state index in [2.05, 4.69) is 66.9 Å². The van der Waals surface area contributed by atoms with Crippen LogP contribution in [0.25, 0.3) is 33.4 Å². The van der Waals surface area contributed by atoms with E-state index in [9.17, 15) is 19.2 Å². The van der Waals surface area contributed by atoms with E-state index in [0.717, 1.165) is 50.7 Å². The van der Waals surface area contributed by atoms with E-state index >= 15 is 4.79 Å². The predicted octanol–water partition coefficient (Wildman–Crippen LogP) is 6.56. The van der Waals surface area contributed by atoms with Crippen molar-refractivity contribution in [2.24, 2.45) is 11.3 Å². The van der Waals surface area contributed by atoms with Crippen LogP contribution in [0.4, 0.5) is 4.79 Å². The Morgan fingerprint density at radius 2 is 1.90 bits per heavy atom. The van der Waals surface area contributed by atoms with Crippen LogP contribution in [-0.2, 0) is 48.0 Å². The number of likely N-dealkylation sites (tertiary alicyclic amines) is 1. The smallest absolute Gasteiger partial charge is 0.338 e. The van der Waals surface area contributed by atoms with Crippen LogP contribution >= 0.6 is 35.7 Å². The average molecular weight is 988 g/mol. The third kappa shape index (κ3) is 9.78. The molecule has 6 bridgehead atoms. The topological polar surface area (TPSA) is 172 Å². The number of likely N-dealkylation sites (N-methyl/N-ethyl adjacent to an activating group) is 2. The summed E-state index contributed by atoms with van der Waals surface area (Å²) >= 11 is 7.42. The first-order valence-electron chi connectivity index (χ1n) is 23.1. The molecule has 3 aliphatic rings. The molecule has 19 heteroatoms. The Balaban J connectivity index is 1.31. The van der Waals surface area contributed by atoms with Gasteiger partial charge in [-0.05, 0) is 81.2 Å². The molecule has 2 fully saturated rings. The Hall–Kier alpha value is -4.95. The van der Waals surface area contributed by atoms with Gasteiger partial charge in [0.1, 0.15) is 6.04 Å². The lowest BCUT2D eigenvalue weighted by molar-refractivity contribution is -0.158. The van der Waals surface area contributed by atoms with Crippen LogP contribution < -0.4 is 10.7 Å². The maximum absolute atomic E-state index is 15.2. The molecule has 0 saturated carbocycles. The number of nitrogens with one attached hydrogen (secondary N) is 2. The zero-order chi connectivity index (χ0) is 49.5. The van der Waals surface area contributed by atoms with Gasteiger partial charge in [0.05, 0.1) is 40.8 Å². The molecule has 2 N–H and O–H groups in total. The number of carbonyl (C=O) groups excluding carboxylic acids is 5. The number of hydrogen-bond donors (Lipinski definition) is 3. The molecule has 0 radical (unpaired) electrons. The number of methoxy groups -OCH3 is 1. The molecular weight excluding hydrogens is 923 g/mol. The highest BCUT2D eigenvalue weighted by atomic mass is 32.2. The van der Waals surface area contributed by atoms with Crippen LogP contribution in [0.1, 0.15) is 76.8 Å². The number of amides is 5. The summed E-state index contributed by atoms with van der Waals surface area (Å²) in [5, 5.41) is 8.07. The van der Waals surface area contributed by atoms with Crippen molar-refractivity contribution in [1.29, 1.82) is 0 Å². The van der Waals surface area contributed by atoms with Crippen molar-refractivity contribution in [3.8, 4) is 22.5 Å². The zero-order valence-electron chi connectivity index (χ0n) is 40.8. The van der Waals surface area contributed by atoms with E-state index < -0.39 is 45.0 Å². The molecular formula is C49H65N9O7S3. The average Bonchev–Trinajstić information content (AvgIpc) is 3.89. The number of aromatic nitrogens is 3. The van der Waals surface area contributed by atoms with E-state index in [4.69, 9.17) is 32.1 Å². The van der Waals surface area contributed by atoms with Gasteiger partial charge in [0, 0.05) is 92.8 Å². The minimum atomic E-state index is -1.66. The summed E-state index contributed by atoms with van der Waals surface area (Å²) in [5.41, 5.74) is 9.02. The minimum Gasteiger partial charge on any atom is -0.463 e. The summed E-state index contributed by atoms with van der Waals surface area (Å²) in [7, 11) is 4.90. The number of hydrazine groups is 1. The lowest BCUT2D eigenvalue weighted by atomic mass is 9.84. The summed E-state index contributed by atoms with van der Waals surface area (Å²) in [6, 6.07) is 8.72. The monoisotopic (exact) mass is 987 g/mol. The number of ether oxygens (including phenoxy) is 2. The maximum atomic E-state index is 15.2. The molecule has 2 saturated heterocycles. The predicted molar refractivity (Wildman–Crippen MR) is 270 cm³/mol. The van der Waals surface area contributed by atoms with Gasteiger partial charge in [-0.1, -0.05) is 40.3 Å². The third-order valence-electron chi connectivity index (χ3n) is 13.5. The van der Waals surface area contributed by atoms with Crippen molar-refractivity contribution in [3.63, 3.8) is 0 Å². The summed E-state index contributed by atoms with van der Waals surface area (Å²) in [4.78, 5) is 81.7. The number of benzene rings is 1. The molecule has 3 aromatic heterocycles. The number of cyclic esters (lactones) is 1. The fourth-order valence-corrected chi connectivity index (χ4v) is 11.7. The number of carbonyl (C=O) groups is 5. The lowest BCUT2D eigenvalue weighted by Crippen LogP contribution is -2.69. The Labute approximate surface area is 412 Å². The third-order valence-corrected chi connectivity index (χ3v) is 15.9. The van der Waals surface area contributed by atoms with Gasteiger partial charge in [-0.3, -0.25) is 24.4 Å². The van der Waals surface area contributed by atoms with Gasteiger partial charge in [-0.15, -0.1) is 35.7 Å². The van der Waals surface area contributed by atoms with E-state index in [-0.39, 0.29) is 50.0 Å². The molecule has 1 aromatic carbocycles.